The van der Waals surface area contributed by atoms with Gasteiger partial charge >= 0.3 is 0 Å². The van der Waals surface area contributed by atoms with Gasteiger partial charge in [-0.3, -0.25) is 4.98 Å². The van der Waals surface area contributed by atoms with Crippen molar-refractivity contribution in [2.24, 2.45) is 10.9 Å². The van der Waals surface area contributed by atoms with Crippen molar-refractivity contribution in [3.8, 4) is 0 Å². The van der Waals surface area contributed by atoms with Crippen LogP contribution in [-0.2, 0) is 6.42 Å². The number of nitrogens with zero attached hydrogens (tertiary/aromatic N) is 2. The second-order valence-electron chi connectivity index (χ2n) is 5.10. The molecule has 1 heterocycles. The fourth-order valence-electron chi connectivity index (χ4n) is 2.43. The van der Waals surface area contributed by atoms with Gasteiger partial charge in [0.05, 0.1) is 5.52 Å². The lowest BCUT2D eigenvalue weighted by Crippen LogP contribution is -2.34. The molecule has 2 aromatic rings. The van der Waals surface area contributed by atoms with Crippen LogP contribution in [0.3, 0.4) is 0 Å². The Morgan fingerprint density at radius 3 is 2.95 bits per heavy atom. The van der Waals surface area contributed by atoms with Crippen molar-refractivity contribution in [2.75, 3.05) is 6.54 Å². The van der Waals surface area contributed by atoms with E-state index in [0.717, 1.165) is 24.9 Å². The third kappa shape index (κ3) is 4.16. The molecule has 0 fully saturated rings. The Kier molecular flexibility index (Phi) is 5.51. The highest BCUT2D eigenvalue weighted by Gasteiger charge is 2.08. The van der Waals surface area contributed by atoms with E-state index in [1.807, 2.05) is 12.3 Å². The molecular formula is C16H22N4O. The van der Waals surface area contributed by atoms with Crippen LogP contribution in [0.15, 0.2) is 41.7 Å². The standard InChI is InChI=1S/C16H22N4O/c1-2-14(11-15(17)20-21)18-10-8-13-6-3-5-12-7-4-9-19-16(12)13/h3-7,9,14,18,21H,2,8,10-11H2,1H3,(H2,17,20). The quantitative estimate of drug-likeness (QED) is 0.315. The first kappa shape index (κ1) is 15.3. The maximum atomic E-state index is 8.63. The van der Waals surface area contributed by atoms with Crippen LogP contribution in [0.1, 0.15) is 25.3 Å². The van der Waals surface area contributed by atoms with Gasteiger partial charge in [0.1, 0.15) is 5.84 Å². The fourth-order valence-corrected chi connectivity index (χ4v) is 2.43. The van der Waals surface area contributed by atoms with Gasteiger partial charge in [-0.1, -0.05) is 36.3 Å². The second kappa shape index (κ2) is 7.59. The van der Waals surface area contributed by atoms with Crippen LogP contribution in [0.25, 0.3) is 10.9 Å². The lowest BCUT2D eigenvalue weighted by atomic mass is 10.1. The number of oxime groups is 1. The van der Waals surface area contributed by atoms with Crippen molar-refractivity contribution < 1.29 is 5.21 Å². The van der Waals surface area contributed by atoms with E-state index in [0.29, 0.717) is 6.42 Å². The first-order valence-electron chi connectivity index (χ1n) is 7.27. The molecule has 0 aliphatic rings. The summed E-state index contributed by atoms with van der Waals surface area (Å²) >= 11 is 0. The number of nitrogens with two attached hydrogens (primary N) is 1. The van der Waals surface area contributed by atoms with Crippen molar-refractivity contribution in [3.63, 3.8) is 0 Å². The molecule has 0 amide bonds. The monoisotopic (exact) mass is 286 g/mol. The molecule has 5 heteroatoms. The molecule has 1 aromatic carbocycles. The van der Waals surface area contributed by atoms with Gasteiger partial charge in [0.2, 0.25) is 0 Å². The highest BCUT2D eigenvalue weighted by Crippen LogP contribution is 2.16. The minimum atomic E-state index is 0.226. The van der Waals surface area contributed by atoms with Gasteiger partial charge < -0.3 is 16.3 Å². The van der Waals surface area contributed by atoms with Crippen LogP contribution < -0.4 is 11.1 Å². The van der Waals surface area contributed by atoms with E-state index >= 15 is 0 Å². The number of hydrogen-bond acceptors (Lipinski definition) is 4. The first-order valence-corrected chi connectivity index (χ1v) is 7.27. The van der Waals surface area contributed by atoms with Gasteiger partial charge in [-0.15, -0.1) is 0 Å². The SMILES string of the molecule is CCC(C/C(N)=N/O)NCCc1cccc2cccnc12. The third-order valence-electron chi connectivity index (χ3n) is 3.62. The Morgan fingerprint density at radius 2 is 2.19 bits per heavy atom. The van der Waals surface area contributed by atoms with Gasteiger partial charge in [0, 0.05) is 24.0 Å². The number of aromatic nitrogens is 1. The van der Waals surface area contributed by atoms with Crippen molar-refractivity contribution in [1.29, 1.82) is 0 Å². The summed E-state index contributed by atoms with van der Waals surface area (Å²) in [6.45, 7) is 2.93. The Bertz CT molecular complexity index is 607. The maximum absolute atomic E-state index is 8.63. The average molecular weight is 286 g/mol. The Balaban J connectivity index is 1.95. The zero-order valence-corrected chi connectivity index (χ0v) is 12.3. The molecule has 0 radical (unpaired) electrons. The molecule has 5 nitrogen and oxygen atoms in total. The number of pyridine rings is 1. The smallest absolute Gasteiger partial charge is 0.140 e. The molecule has 0 bridgehead atoms. The van der Waals surface area contributed by atoms with Crippen LogP contribution in [-0.4, -0.2) is 28.6 Å². The van der Waals surface area contributed by atoms with Gasteiger partial charge in [0.15, 0.2) is 0 Å². The number of benzene rings is 1. The molecule has 1 aromatic heterocycles. The Morgan fingerprint density at radius 1 is 1.38 bits per heavy atom. The summed E-state index contributed by atoms with van der Waals surface area (Å²) in [6, 6.07) is 10.5. The van der Waals surface area contributed by atoms with E-state index in [2.05, 4.69) is 46.6 Å². The summed E-state index contributed by atoms with van der Waals surface area (Å²) in [5.41, 5.74) is 7.85. The van der Waals surface area contributed by atoms with Crippen molar-refractivity contribution in [2.45, 2.75) is 32.2 Å². The Hall–Kier alpha value is -2.14. The summed E-state index contributed by atoms with van der Waals surface area (Å²) < 4.78 is 0. The summed E-state index contributed by atoms with van der Waals surface area (Å²) in [7, 11) is 0. The van der Waals surface area contributed by atoms with E-state index in [1.54, 1.807) is 0 Å². The lowest BCUT2D eigenvalue weighted by Gasteiger charge is -2.16. The van der Waals surface area contributed by atoms with Crippen LogP contribution in [0.2, 0.25) is 0 Å². The predicted octanol–water partition coefficient (Wildman–Crippen LogP) is 2.28. The minimum Gasteiger partial charge on any atom is -0.409 e. The lowest BCUT2D eigenvalue weighted by molar-refractivity contribution is 0.315. The van der Waals surface area contributed by atoms with Crippen LogP contribution in [0, 0.1) is 0 Å². The molecule has 0 aliphatic carbocycles. The number of hydrogen-bond donors (Lipinski definition) is 3. The summed E-state index contributed by atoms with van der Waals surface area (Å²) in [5, 5.41) is 16.3. The van der Waals surface area contributed by atoms with Crippen molar-refractivity contribution in [1.82, 2.24) is 10.3 Å². The molecule has 0 aliphatic heterocycles. The molecule has 0 saturated carbocycles. The maximum Gasteiger partial charge on any atom is 0.140 e. The number of nitrogens with one attached hydrogen (secondary N) is 1. The zero-order valence-electron chi connectivity index (χ0n) is 12.3. The van der Waals surface area contributed by atoms with Gasteiger partial charge in [-0.2, -0.15) is 0 Å². The molecule has 0 spiro atoms. The molecule has 1 unspecified atom stereocenters. The minimum absolute atomic E-state index is 0.226. The van der Waals surface area contributed by atoms with Crippen molar-refractivity contribution in [3.05, 3.63) is 42.1 Å². The molecule has 2 rings (SSSR count). The molecule has 0 saturated heterocycles. The predicted molar refractivity (Wildman–Crippen MR) is 85.6 cm³/mol. The normalized spacial score (nSPS) is 13.5. The molecule has 21 heavy (non-hydrogen) atoms. The van der Waals surface area contributed by atoms with E-state index in [4.69, 9.17) is 10.9 Å². The van der Waals surface area contributed by atoms with E-state index in [9.17, 15) is 0 Å². The van der Waals surface area contributed by atoms with Crippen LogP contribution in [0.4, 0.5) is 0 Å². The highest BCUT2D eigenvalue weighted by molar-refractivity contribution is 5.81. The summed E-state index contributed by atoms with van der Waals surface area (Å²) in [5.74, 6) is 0.265. The van der Waals surface area contributed by atoms with Crippen molar-refractivity contribution >= 4 is 16.7 Å². The van der Waals surface area contributed by atoms with Gasteiger partial charge in [0.25, 0.3) is 0 Å². The first-order chi connectivity index (χ1) is 10.2. The Labute approximate surface area is 124 Å². The molecule has 1 atom stereocenters. The highest BCUT2D eigenvalue weighted by atomic mass is 16.4. The number of para-hydroxylation sites is 1. The zero-order chi connectivity index (χ0) is 15.1. The number of fused-ring (bicyclic) bond motifs is 1. The number of rotatable bonds is 7. The topological polar surface area (TPSA) is 83.5 Å². The third-order valence-corrected chi connectivity index (χ3v) is 3.62. The fraction of sp³-hybridized carbons (Fsp3) is 0.375. The van der Waals surface area contributed by atoms with Gasteiger partial charge in [-0.05, 0) is 31.0 Å². The summed E-state index contributed by atoms with van der Waals surface area (Å²) in [6.07, 6.45) is 4.22. The summed E-state index contributed by atoms with van der Waals surface area (Å²) in [4.78, 5) is 4.46. The van der Waals surface area contributed by atoms with E-state index in [-0.39, 0.29) is 11.9 Å². The molecule has 112 valence electrons. The largest absolute Gasteiger partial charge is 0.409 e. The van der Waals surface area contributed by atoms with E-state index < -0.39 is 0 Å². The second-order valence-corrected chi connectivity index (χ2v) is 5.10. The van der Waals surface area contributed by atoms with Gasteiger partial charge in [-0.25, -0.2) is 0 Å². The van der Waals surface area contributed by atoms with E-state index in [1.165, 1.54) is 10.9 Å². The van der Waals surface area contributed by atoms with Crippen LogP contribution >= 0.6 is 0 Å². The average Bonchev–Trinajstić information content (AvgIpc) is 2.53. The molecular weight excluding hydrogens is 264 g/mol. The van der Waals surface area contributed by atoms with Crippen LogP contribution in [0.5, 0.6) is 0 Å². The molecule has 4 N–H and O–H groups in total. The number of amidine groups is 1.